The van der Waals surface area contributed by atoms with Gasteiger partial charge in [-0.3, -0.25) is 4.90 Å². The Morgan fingerprint density at radius 1 is 1.09 bits per heavy atom. The number of rotatable bonds is 8. The molecular formula is C24H27N7O2. The van der Waals surface area contributed by atoms with Crippen molar-refractivity contribution in [1.82, 2.24) is 24.6 Å². The average Bonchev–Trinajstić information content (AvgIpc) is 3.40. The molecule has 1 aliphatic heterocycles. The minimum absolute atomic E-state index is 0.608. The number of hydrogen-bond donors (Lipinski definition) is 2. The first-order chi connectivity index (χ1) is 16.3. The topological polar surface area (TPSA) is 89.4 Å². The first-order valence-corrected chi connectivity index (χ1v) is 11.1. The van der Waals surface area contributed by atoms with E-state index in [0.29, 0.717) is 6.61 Å². The molecule has 2 aromatic carbocycles. The Morgan fingerprint density at radius 3 is 2.82 bits per heavy atom. The molecule has 1 saturated heterocycles. The molecule has 0 saturated carbocycles. The summed E-state index contributed by atoms with van der Waals surface area (Å²) in [4.78, 5) is 11.3. The molecule has 3 heterocycles. The van der Waals surface area contributed by atoms with E-state index in [-0.39, 0.29) is 0 Å². The number of ether oxygens (including phenoxy) is 2. The molecule has 0 amide bonds. The van der Waals surface area contributed by atoms with Gasteiger partial charge in [-0.25, -0.2) is 14.6 Å². The Balaban J connectivity index is 1.36. The van der Waals surface area contributed by atoms with Crippen LogP contribution in [0.3, 0.4) is 0 Å². The van der Waals surface area contributed by atoms with E-state index in [9.17, 15) is 0 Å². The van der Waals surface area contributed by atoms with Crippen molar-refractivity contribution in [2.45, 2.75) is 0 Å². The lowest BCUT2D eigenvalue weighted by Gasteiger charge is -2.26. The van der Waals surface area contributed by atoms with Gasteiger partial charge in [-0.1, -0.05) is 6.07 Å². The van der Waals surface area contributed by atoms with Crippen LogP contribution in [0, 0.1) is 0 Å². The molecule has 0 radical (unpaired) electrons. The summed E-state index contributed by atoms with van der Waals surface area (Å²) in [5.74, 6) is 1.51. The number of fused-ring (bicyclic) bond motifs is 1. The maximum Gasteiger partial charge on any atom is 0.144 e. The van der Waals surface area contributed by atoms with E-state index < -0.39 is 0 Å². The Hall–Kier alpha value is -3.69. The van der Waals surface area contributed by atoms with E-state index in [4.69, 9.17) is 9.47 Å². The highest BCUT2D eigenvalue weighted by atomic mass is 16.5. The molecule has 2 aromatic heterocycles. The van der Waals surface area contributed by atoms with Gasteiger partial charge in [0, 0.05) is 56.2 Å². The summed E-state index contributed by atoms with van der Waals surface area (Å²) >= 11 is 0. The predicted octanol–water partition coefficient (Wildman–Crippen LogP) is 3.31. The molecule has 1 fully saturated rings. The van der Waals surface area contributed by atoms with Crippen LogP contribution in [-0.4, -0.2) is 71.2 Å². The number of anilines is 3. The van der Waals surface area contributed by atoms with Gasteiger partial charge in [0.1, 0.15) is 24.5 Å². The number of hydrogen-bond acceptors (Lipinski definition) is 8. The molecule has 0 spiro atoms. The highest BCUT2D eigenvalue weighted by Gasteiger charge is 2.13. The van der Waals surface area contributed by atoms with Gasteiger partial charge in [0.15, 0.2) is 0 Å². The summed E-state index contributed by atoms with van der Waals surface area (Å²) < 4.78 is 13.4. The third kappa shape index (κ3) is 4.89. The van der Waals surface area contributed by atoms with Crippen LogP contribution in [0.5, 0.6) is 5.75 Å². The highest BCUT2D eigenvalue weighted by Crippen LogP contribution is 2.33. The largest absolute Gasteiger partial charge is 0.490 e. The fourth-order valence-corrected chi connectivity index (χ4v) is 3.89. The van der Waals surface area contributed by atoms with Crippen LogP contribution < -0.4 is 15.4 Å². The lowest BCUT2D eigenvalue weighted by Crippen LogP contribution is -2.38. The minimum atomic E-state index is 0.608. The van der Waals surface area contributed by atoms with Crippen LogP contribution in [0.2, 0.25) is 0 Å². The molecule has 1 aliphatic rings. The summed E-state index contributed by atoms with van der Waals surface area (Å²) in [5.41, 5.74) is 3.60. The Bertz CT molecular complexity index is 1210. The normalized spacial score (nSPS) is 14.3. The van der Waals surface area contributed by atoms with Gasteiger partial charge in [-0.05, 0) is 30.3 Å². The zero-order valence-corrected chi connectivity index (χ0v) is 18.6. The zero-order chi connectivity index (χ0) is 22.5. The molecule has 9 nitrogen and oxygen atoms in total. The maximum atomic E-state index is 6.12. The average molecular weight is 446 g/mol. The maximum absolute atomic E-state index is 6.12. The summed E-state index contributed by atoms with van der Waals surface area (Å²) in [6.07, 6.45) is 5.25. The van der Waals surface area contributed by atoms with E-state index in [1.54, 1.807) is 12.5 Å². The van der Waals surface area contributed by atoms with Crippen molar-refractivity contribution >= 4 is 28.1 Å². The lowest BCUT2D eigenvalue weighted by molar-refractivity contribution is 0.0323. The van der Waals surface area contributed by atoms with E-state index >= 15 is 0 Å². The zero-order valence-electron chi connectivity index (χ0n) is 18.6. The molecule has 0 bridgehead atoms. The number of nitrogens with zero attached hydrogens (tertiary/aromatic N) is 5. The first kappa shape index (κ1) is 21.2. The summed E-state index contributed by atoms with van der Waals surface area (Å²) in [7, 11) is 1.89. The third-order valence-electron chi connectivity index (χ3n) is 5.65. The smallest absolute Gasteiger partial charge is 0.144 e. The fourth-order valence-electron chi connectivity index (χ4n) is 3.89. The van der Waals surface area contributed by atoms with E-state index in [1.165, 1.54) is 0 Å². The molecule has 33 heavy (non-hydrogen) atoms. The molecule has 0 unspecified atom stereocenters. The van der Waals surface area contributed by atoms with Gasteiger partial charge in [0.2, 0.25) is 0 Å². The van der Waals surface area contributed by atoms with Crippen LogP contribution in [-0.2, 0) is 4.74 Å². The van der Waals surface area contributed by atoms with Crippen LogP contribution in [0.15, 0.2) is 61.2 Å². The van der Waals surface area contributed by atoms with Crippen LogP contribution >= 0.6 is 0 Å². The van der Waals surface area contributed by atoms with Crippen LogP contribution in [0.4, 0.5) is 17.2 Å². The molecule has 0 atom stereocenters. The minimum Gasteiger partial charge on any atom is -0.490 e. The van der Waals surface area contributed by atoms with E-state index in [1.807, 2.05) is 60.4 Å². The van der Waals surface area contributed by atoms with Crippen LogP contribution in [0.1, 0.15) is 0 Å². The highest BCUT2D eigenvalue weighted by molar-refractivity contribution is 5.94. The van der Waals surface area contributed by atoms with E-state index in [0.717, 1.165) is 72.4 Å². The van der Waals surface area contributed by atoms with Crippen molar-refractivity contribution in [3.63, 3.8) is 0 Å². The third-order valence-corrected chi connectivity index (χ3v) is 5.65. The Labute approximate surface area is 192 Å². The van der Waals surface area contributed by atoms with Gasteiger partial charge < -0.3 is 20.1 Å². The number of aromatic nitrogens is 4. The van der Waals surface area contributed by atoms with Crippen molar-refractivity contribution < 1.29 is 9.47 Å². The molecular weight excluding hydrogens is 418 g/mol. The van der Waals surface area contributed by atoms with Crippen molar-refractivity contribution in [2.24, 2.45) is 0 Å². The Kier molecular flexibility index (Phi) is 6.32. The fraction of sp³-hybridized carbons (Fsp3) is 0.292. The molecule has 4 aromatic rings. The van der Waals surface area contributed by atoms with Gasteiger partial charge >= 0.3 is 0 Å². The monoisotopic (exact) mass is 445 g/mol. The molecule has 0 aliphatic carbocycles. The second-order valence-corrected chi connectivity index (χ2v) is 7.77. The first-order valence-electron chi connectivity index (χ1n) is 11.1. The predicted molar refractivity (Wildman–Crippen MR) is 129 cm³/mol. The van der Waals surface area contributed by atoms with E-state index in [2.05, 4.69) is 30.6 Å². The van der Waals surface area contributed by atoms with Gasteiger partial charge in [0.25, 0.3) is 0 Å². The summed E-state index contributed by atoms with van der Waals surface area (Å²) in [5, 5.41) is 11.9. The SMILES string of the molecule is CNc1cc2c(Nc3cccc(-n4cccn4)c3)ncnc2cc1OCCN1CCOCC1. The van der Waals surface area contributed by atoms with Gasteiger partial charge in [-0.15, -0.1) is 0 Å². The standard InChI is InChI=1S/C24H27N7O2/c1-25-22-15-20-21(16-23(22)33-13-10-30-8-11-32-12-9-30)26-17-27-24(20)29-18-4-2-5-19(14-18)31-7-3-6-28-31/h2-7,14-17,25H,8-13H2,1H3,(H,26,27,29). The summed E-state index contributed by atoms with van der Waals surface area (Å²) in [6, 6.07) is 13.9. The lowest BCUT2D eigenvalue weighted by atomic mass is 10.2. The quantitative estimate of drug-likeness (QED) is 0.427. The molecule has 9 heteroatoms. The second kappa shape index (κ2) is 9.85. The number of morpholine rings is 1. The number of benzene rings is 2. The molecule has 170 valence electrons. The molecule has 5 rings (SSSR count). The summed E-state index contributed by atoms with van der Waals surface area (Å²) in [6.45, 7) is 4.95. The Morgan fingerprint density at radius 2 is 2.00 bits per heavy atom. The molecule has 2 N–H and O–H groups in total. The second-order valence-electron chi connectivity index (χ2n) is 7.77. The van der Waals surface area contributed by atoms with Gasteiger partial charge in [-0.2, -0.15) is 5.10 Å². The van der Waals surface area contributed by atoms with Crippen molar-refractivity contribution in [3.8, 4) is 11.4 Å². The van der Waals surface area contributed by atoms with Crippen molar-refractivity contribution in [1.29, 1.82) is 0 Å². The number of nitrogens with one attached hydrogen (secondary N) is 2. The van der Waals surface area contributed by atoms with Crippen molar-refractivity contribution in [3.05, 3.63) is 61.2 Å². The van der Waals surface area contributed by atoms with Crippen LogP contribution in [0.25, 0.3) is 16.6 Å². The van der Waals surface area contributed by atoms with Crippen molar-refractivity contribution in [2.75, 3.05) is 57.1 Å². The van der Waals surface area contributed by atoms with Gasteiger partial charge in [0.05, 0.1) is 30.1 Å².